The number of carbonyl (C=O) groups excluding carboxylic acids is 1. The van der Waals surface area contributed by atoms with Gasteiger partial charge in [-0.05, 0) is 20.8 Å². The van der Waals surface area contributed by atoms with Crippen LogP contribution in [0.1, 0.15) is 36.8 Å². The summed E-state index contributed by atoms with van der Waals surface area (Å²) in [4.78, 5) is 14.5. The fraction of sp³-hybridized carbons (Fsp3) is 0.733. The van der Waals surface area contributed by atoms with Gasteiger partial charge in [-0.15, -0.1) is 0 Å². The summed E-state index contributed by atoms with van der Waals surface area (Å²) in [7, 11) is 0. The van der Waals surface area contributed by atoms with Gasteiger partial charge in [-0.3, -0.25) is 9.69 Å². The van der Waals surface area contributed by atoms with Gasteiger partial charge in [0.2, 0.25) is 5.91 Å². The number of rotatable bonds is 5. The molecule has 21 heavy (non-hydrogen) atoms. The molecular formula is C15H25N3O2S. The van der Waals surface area contributed by atoms with Gasteiger partial charge in [0.05, 0.1) is 11.7 Å². The largest absolute Gasteiger partial charge is 0.361 e. The molecule has 0 aliphatic carbocycles. The topological polar surface area (TPSA) is 58.4 Å². The first kappa shape index (κ1) is 16.4. The maximum absolute atomic E-state index is 12.3. The summed E-state index contributed by atoms with van der Waals surface area (Å²) in [5.74, 6) is 3.40. The summed E-state index contributed by atoms with van der Waals surface area (Å²) in [6.07, 6.45) is 0. The number of nitrogens with one attached hydrogen (secondary N) is 1. The van der Waals surface area contributed by atoms with Crippen molar-refractivity contribution in [1.29, 1.82) is 0 Å². The van der Waals surface area contributed by atoms with Crippen molar-refractivity contribution in [2.75, 3.05) is 31.1 Å². The molecule has 1 aromatic rings. The predicted octanol–water partition coefficient (Wildman–Crippen LogP) is 1.95. The smallest absolute Gasteiger partial charge is 0.237 e. The first-order chi connectivity index (χ1) is 10.0. The molecule has 0 aromatic carbocycles. The van der Waals surface area contributed by atoms with E-state index in [0.29, 0.717) is 6.54 Å². The summed E-state index contributed by atoms with van der Waals surface area (Å²) in [6.45, 7) is 10.6. The summed E-state index contributed by atoms with van der Waals surface area (Å²) in [6, 6.07) is -0.0530. The second-order valence-corrected chi connectivity index (χ2v) is 6.93. The van der Waals surface area contributed by atoms with E-state index >= 15 is 0 Å². The van der Waals surface area contributed by atoms with Gasteiger partial charge >= 0.3 is 0 Å². The average molecular weight is 311 g/mol. The Balaban J connectivity index is 1.85. The Hall–Kier alpha value is -1.01. The molecule has 2 atom stereocenters. The van der Waals surface area contributed by atoms with Crippen LogP contribution in [0.3, 0.4) is 0 Å². The standard InChI is InChI=1S/C15H25N3O2S/c1-10(14-11(2)17-20-13(14)4)9-16-15(19)12(3)18-5-7-21-8-6-18/h10,12H,5-9H2,1-4H3,(H,16,19)/t10-,12+/m1/s1. The molecule has 5 nitrogen and oxygen atoms in total. The van der Waals surface area contributed by atoms with Gasteiger partial charge in [0.1, 0.15) is 5.76 Å². The molecule has 2 heterocycles. The number of carbonyl (C=O) groups is 1. The predicted molar refractivity (Wildman–Crippen MR) is 85.8 cm³/mol. The van der Waals surface area contributed by atoms with Crippen LogP contribution in [0.25, 0.3) is 0 Å². The minimum absolute atomic E-state index is 0.0530. The van der Waals surface area contributed by atoms with Gasteiger partial charge in [-0.25, -0.2) is 0 Å². The lowest BCUT2D eigenvalue weighted by Gasteiger charge is -2.31. The van der Waals surface area contributed by atoms with Crippen molar-refractivity contribution in [3.8, 4) is 0 Å². The molecule has 118 valence electrons. The monoisotopic (exact) mass is 311 g/mol. The molecule has 2 rings (SSSR count). The van der Waals surface area contributed by atoms with Crippen LogP contribution in [0.15, 0.2) is 4.52 Å². The van der Waals surface area contributed by atoms with Crippen LogP contribution in [-0.4, -0.2) is 53.1 Å². The molecule has 1 saturated heterocycles. The van der Waals surface area contributed by atoms with E-state index in [9.17, 15) is 4.79 Å². The minimum Gasteiger partial charge on any atom is -0.361 e. The highest BCUT2D eigenvalue weighted by Crippen LogP contribution is 2.22. The summed E-state index contributed by atoms with van der Waals surface area (Å²) in [5, 5.41) is 7.04. The Bertz CT molecular complexity index is 464. The zero-order valence-electron chi connectivity index (χ0n) is 13.3. The van der Waals surface area contributed by atoms with Crippen LogP contribution < -0.4 is 5.32 Å². The van der Waals surface area contributed by atoms with Crippen molar-refractivity contribution in [3.63, 3.8) is 0 Å². The van der Waals surface area contributed by atoms with E-state index in [1.54, 1.807) is 0 Å². The molecular weight excluding hydrogens is 286 g/mol. The van der Waals surface area contributed by atoms with Crippen LogP contribution >= 0.6 is 11.8 Å². The molecule has 1 aliphatic heterocycles. The molecule has 1 amide bonds. The Morgan fingerprint density at radius 3 is 2.62 bits per heavy atom. The summed E-state index contributed by atoms with van der Waals surface area (Å²) < 4.78 is 5.19. The van der Waals surface area contributed by atoms with Crippen molar-refractivity contribution >= 4 is 17.7 Å². The molecule has 1 fully saturated rings. The number of thioether (sulfide) groups is 1. The van der Waals surface area contributed by atoms with Crippen molar-refractivity contribution in [3.05, 3.63) is 17.0 Å². The highest BCUT2D eigenvalue weighted by atomic mass is 32.2. The highest BCUT2D eigenvalue weighted by molar-refractivity contribution is 7.99. The molecule has 1 aromatic heterocycles. The molecule has 0 spiro atoms. The highest BCUT2D eigenvalue weighted by Gasteiger charge is 2.24. The normalized spacial score (nSPS) is 19.2. The van der Waals surface area contributed by atoms with E-state index in [1.165, 1.54) is 0 Å². The summed E-state index contributed by atoms with van der Waals surface area (Å²) >= 11 is 1.96. The number of aryl methyl sites for hydroxylation is 2. The first-order valence-corrected chi connectivity index (χ1v) is 8.68. The molecule has 0 unspecified atom stereocenters. The lowest BCUT2D eigenvalue weighted by molar-refractivity contribution is -0.125. The minimum atomic E-state index is -0.0530. The second kappa shape index (κ2) is 7.31. The SMILES string of the molecule is Cc1noc(C)c1[C@H](C)CNC(=O)[C@H](C)N1CCSCC1. The van der Waals surface area contributed by atoms with Gasteiger partial charge in [-0.2, -0.15) is 11.8 Å². The molecule has 6 heteroatoms. The van der Waals surface area contributed by atoms with E-state index in [4.69, 9.17) is 4.52 Å². The number of hydrogen-bond acceptors (Lipinski definition) is 5. The zero-order valence-corrected chi connectivity index (χ0v) is 14.1. The van der Waals surface area contributed by atoms with Crippen molar-refractivity contribution < 1.29 is 9.32 Å². The van der Waals surface area contributed by atoms with Gasteiger partial charge in [0.25, 0.3) is 0 Å². The third kappa shape index (κ3) is 4.01. The average Bonchev–Trinajstić information content (AvgIpc) is 2.83. The third-order valence-corrected chi connectivity index (χ3v) is 5.08. The van der Waals surface area contributed by atoms with Crippen LogP contribution in [0.2, 0.25) is 0 Å². The third-order valence-electron chi connectivity index (χ3n) is 4.14. The van der Waals surface area contributed by atoms with Crippen LogP contribution in [0.4, 0.5) is 0 Å². The Kier molecular flexibility index (Phi) is 5.70. The maximum Gasteiger partial charge on any atom is 0.237 e. The van der Waals surface area contributed by atoms with E-state index in [2.05, 4.69) is 22.3 Å². The fourth-order valence-corrected chi connectivity index (χ4v) is 3.76. The van der Waals surface area contributed by atoms with Gasteiger partial charge < -0.3 is 9.84 Å². The number of hydrogen-bond donors (Lipinski definition) is 1. The lowest BCUT2D eigenvalue weighted by atomic mass is 9.99. The Morgan fingerprint density at radius 1 is 1.38 bits per heavy atom. The van der Waals surface area contributed by atoms with Crippen molar-refractivity contribution in [2.24, 2.45) is 0 Å². The van der Waals surface area contributed by atoms with Gasteiger partial charge in [0, 0.05) is 42.6 Å². The van der Waals surface area contributed by atoms with E-state index < -0.39 is 0 Å². The Morgan fingerprint density at radius 2 is 2.05 bits per heavy atom. The Labute approximate surface area is 130 Å². The molecule has 0 radical (unpaired) electrons. The lowest BCUT2D eigenvalue weighted by Crippen LogP contribution is -2.48. The van der Waals surface area contributed by atoms with E-state index in [-0.39, 0.29) is 17.9 Å². The zero-order chi connectivity index (χ0) is 15.4. The van der Waals surface area contributed by atoms with E-state index in [0.717, 1.165) is 41.6 Å². The van der Waals surface area contributed by atoms with Gasteiger partial charge in [-0.1, -0.05) is 12.1 Å². The quantitative estimate of drug-likeness (QED) is 0.900. The molecule has 0 bridgehead atoms. The first-order valence-electron chi connectivity index (χ1n) is 7.53. The number of nitrogens with zero attached hydrogens (tertiary/aromatic N) is 2. The van der Waals surface area contributed by atoms with Crippen LogP contribution in [0, 0.1) is 13.8 Å². The second-order valence-electron chi connectivity index (χ2n) is 5.71. The molecule has 0 saturated carbocycles. The number of amides is 1. The van der Waals surface area contributed by atoms with Crippen LogP contribution in [0.5, 0.6) is 0 Å². The van der Waals surface area contributed by atoms with Gasteiger partial charge in [0.15, 0.2) is 0 Å². The van der Waals surface area contributed by atoms with E-state index in [1.807, 2.05) is 32.5 Å². The molecule has 1 aliphatic rings. The summed E-state index contributed by atoms with van der Waals surface area (Å²) in [5.41, 5.74) is 2.02. The van der Waals surface area contributed by atoms with Crippen molar-refractivity contribution in [2.45, 2.75) is 39.7 Å². The fourth-order valence-electron chi connectivity index (χ4n) is 2.83. The van der Waals surface area contributed by atoms with Crippen LogP contribution in [-0.2, 0) is 4.79 Å². The molecule has 1 N–H and O–H groups in total. The maximum atomic E-state index is 12.3. The van der Waals surface area contributed by atoms with Crippen molar-refractivity contribution in [1.82, 2.24) is 15.4 Å². The number of aromatic nitrogens is 1.